The summed E-state index contributed by atoms with van der Waals surface area (Å²) in [7, 11) is 1.68. The highest BCUT2D eigenvalue weighted by Gasteiger charge is 2.23. The molecule has 0 aromatic heterocycles. The minimum atomic E-state index is 0.193. The normalized spacial score (nSPS) is 17.7. The van der Waals surface area contributed by atoms with E-state index in [0.29, 0.717) is 6.42 Å². The van der Waals surface area contributed by atoms with E-state index in [0.717, 1.165) is 31.9 Å². The van der Waals surface area contributed by atoms with E-state index in [9.17, 15) is 0 Å². The molecule has 1 N–H and O–H groups in total. The molecule has 1 aromatic carbocycles. The van der Waals surface area contributed by atoms with Gasteiger partial charge in [-0.05, 0) is 30.2 Å². The van der Waals surface area contributed by atoms with Gasteiger partial charge in [0, 0.05) is 32.2 Å². The molecule has 1 atom stereocenters. The topological polar surface area (TPSA) is 48.3 Å². The van der Waals surface area contributed by atoms with Crippen molar-refractivity contribution >= 4 is 0 Å². The van der Waals surface area contributed by atoms with Crippen molar-refractivity contribution in [1.29, 1.82) is 5.26 Å². The lowest BCUT2D eigenvalue weighted by molar-refractivity contribution is 0.175. The molecule has 0 radical (unpaired) electrons. The molecular weight excluding hydrogens is 238 g/mol. The quantitative estimate of drug-likeness (QED) is 0.896. The molecule has 1 aromatic rings. The fourth-order valence-electron chi connectivity index (χ4n) is 2.67. The molecule has 1 saturated heterocycles. The van der Waals surface area contributed by atoms with Crippen LogP contribution >= 0.6 is 0 Å². The van der Waals surface area contributed by atoms with E-state index in [1.807, 2.05) is 12.1 Å². The number of methoxy groups -OCH3 is 1. The fraction of sp³-hybridized carbons (Fsp3) is 0.533. The summed E-state index contributed by atoms with van der Waals surface area (Å²) in [5.41, 5.74) is 2.43. The highest BCUT2D eigenvalue weighted by molar-refractivity contribution is 5.37. The molecule has 0 bridgehead atoms. The lowest BCUT2D eigenvalue weighted by atomic mass is 9.97. The van der Waals surface area contributed by atoms with Crippen LogP contribution < -0.4 is 10.1 Å². The standard InChI is InChI=1S/C15H21N3O/c1-12-11-13(19-2)3-4-14(12)15(5-6-16)18-9-7-17-8-10-18/h3-4,11,15,17H,5,7-10H2,1-2H3/t15-/m0/s1. The maximum atomic E-state index is 9.10. The zero-order chi connectivity index (χ0) is 13.7. The molecule has 1 aliphatic rings. The van der Waals surface area contributed by atoms with Crippen LogP contribution in [0.2, 0.25) is 0 Å². The van der Waals surface area contributed by atoms with Gasteiger partial charge < -0.3 is 10.1 Å². The van der Waals surface area contributed by atoms with Crippen LogP contribution in [0.3, 0.4) is 0 Å². The summed E-state index contributed by atoms with van der Waals surface area (Å²) in [4.78, 5) is 2.40. The number of aryl methyl sites for hydroxylation is 1. The SMILES string of the molecule is COc1ccc([C@H](CC#N)N2CCNCC2)c(C)c1. The highest BCUT2D eigenvalue weighted by atomic mass is 16.5. The Morgan fingerprint density at radius 2 is 2.16 bits per heavy atom. The Labute approximate surface area is 115 Å². The van der Waals surface area contributed by atoms with Crippen molar-refractivity contribution in [3.05, 3.63) is 29.3 Å². The Balaban J connectivity index is 2.25. The monoisotopic (exact) mass is 259 g/mol. The molecule has 0 aliphatic carbocycles. The molecule has 0 amide bonds. The van der Waals surface area contributed by atoms with E-state index < -0.39 is 0 Å². The molecule has 4 heteroatoms. The first-order chi connectivity index (χ1) is 9.26. The summed E-state index contributed by atoms with van der Waals surface area (Å²) in [5.74, 6) is 0.872. The van der Waals surface area contributed by atoms with Gasteiger partial charge in [-0.2, -0.15) is 5.26 Å². The minimum absolute atomic E-state index is 0.193. The summed E-state index contributed by atoms with van der Waals surface area (Å²) in [6, 6.07) is 8.64. The van der Waals surface area contributed by atoms with Gasteiger partial charge in [0.2, 0.25) is 0 Å². The second-order valence-electron chi connectivity index (χ2n) is 4.89. The van der Waals surface area contributed by atoms with Crippen molar-refractivity contribution in [2.45, 2.75) is 19.4 Å². The zero-order valence-electron chi connectivity index (χ0n) is 11.6. The molecular formula is C15H21N3O. The summed E-state index contributed by atoms with van der Waals surface area (Å²) in [6.07, 6.45) is 0.535. The van der Waals surface area contributed by atoms with Crippen molar-refractivity contribution in [2.24, 2.45) is 0 Å². The number of piperazine rings is 1. The van der Waals surface area contributed by atoms with Crippen molar-refractivity contribution < 1.29 is 4.74 Å². The van der Waals surface area contributed by atoms with Crippen molar-refractivity contribution in [3.8, 4) is 11.8 Å². The Hall–Kier alpha value is -1.57. The molecule has 1 fully saturated rings. The van der Waals surface area contributed by atoms with Gasteiger partial charge in [-0.1, -0.05) is 6.07 Å². The molecule has 0 spiro atoms. The second kappa shape index (κ2) is 6.55. The molecule has 1 heterocycles. The third-order valence-corrected chi connectivity index (χ3v) is 3.71. The molecule has 102 valence electrons. The van der Waals surface area contributed by atoms with Crippen LogP contribution in [0.25, 0.3) is 0 Å². The second-order valence-corrected chi connectivity index (χ2v) is 4.89. The van der Waals surface area contributed by atoms with Gasteiger partial charge in [0.25, 0.3) is 0 Å². The highest BCUT2D eigenvalue weighted by Crippen LogP contribution is 2.29. The Bertz CT molecular complexity index is 461. The molecule has 0 unspecified atom stereocenters. The largest absolute Gasteiger partial charge is 0.497 e. The first kappa shape index (κ1) is 13.9. The van der Waals surface area contributed by atoms with Crippen LogP contribution in [0.5, 0.6) is 5.75 Å². The van der Waals surface area contributed by atoms with Gasteiger partial charge in [0.1, 0.15) is 5.75 Å². The number of ether oxygens (including phenoxy) is 1. The first-order valence-electron chi connectivity index (χ1n) is 6.72. The van der Waals surface area contributed by atoms with E-state index in [2.05, 4.69) is 29.3 Å². The van der Waals surface area contributed by atoms with E-state index >= 15 is 0 Å². The van der Waals surface area contributed by atoms with Gasteiger partial charge in [-0.3, -0.25) is 4.90 Å². The van der Waals surface area contributed by atoms with Gasteiger partial charge in [0.05, 0.1) is 19.6 Å². The molecule has 19 heavy (non-hydrogen) atoms. The fourth-order valence-corrected chi connectivity index (χ4v) is 2.67. The number of benzene rings is 1. The maximum absolute atomic E-state index is 9.10. The summed E-state index contributed by atoms with van der Waals surface area (Å²) in [6.45, 7) is 6.08. The number of hydrogen-bond donors (Lipinski definition) is 1. The van der Waals surface area contributed by atoms with Crippen LogP contribution in [-0.4, -0.2) is 38.2 Å². The van der Waals surface area contributed by atoms with E-state index in [4.69, 9.17) is 10.00 Å². The molecule has 1 aliphatic heterocycles. The van der Waals surface area contributed by atoms with Crippen LogP contribution in [0, 0.1) is 18.3 Å². The van der Waals surface area contributed by atoms with Crippen molar-refractivity contribution in [3.63, 3.8) is 0 Å². The first-order valence-corrected chi connectivity index (χ1v) is 6.72. The minimum Gasteiger partial charge on any atom is -0.497 e. The average molecular weight is 259 g/mol. The van der Waals surface area contributed by atoms with Crippen LogP contribution in [0.15, 0.2) is 18.2 Å². The summed E-state index contributed by atoms with van der Waals surface area (Å²) in [5, 5.41) is 12.5. The number of rotatable bonds is 4. The zero-order valence-corrected chi connectivity index (χ0v) is 11.6. The van der Waals surface area contributed by atoms with E-state index in [1.165, 1.54) is 11.1 Å². The Morgan fingerprint density at radius 3 is 2.74 bits per heavy atom. The van der Waals surface area contributed by atoms with Crippen LogP contribution in [0.4, 0.5) is 0 Å². The maximum Gasteiger partial charge on any atom is 0.119 e. The average Bonchev–Trinajstić information content (AvgIpc) is 2.46. The van der Waals surface area contributed by atoms with Gasteiger partial charge in [-0.25, -0.2) is 0 Å². The molecule has 0 saturated carbocycles. The number of nitrogens with zero attached hydrogens (tertiary/aromatic N) is 2. The predicted octanol–water partition coefficient (Wildman–Crippen LogP) is 1.86. The lowest BCUT2D eigenvalue weighted by Gasteiger charge is -2.34. The number of hydrogen-bond acceptors (Lipinski definition) is 4. The molecule has 2 rings (SSSR count). The smallest absolute Gasteiger partial charge is 0.119 e. The third kappa shape index (κ3) is 3.25. The van der Waals surface area contributed by atoms with E-state index in [1.54, 1.807) is 7.11 Å². The molecule has 4 nitrogen and oxygen atoms in total. The Morgan fingerprint density at radius 1 is 1.42 bits per heavy atom. The number of nitriles is 1. The predicted molar refractivity (Wildman–Crippen MR) is 75.1 cm³/mol. The van der Waals surface area contributed by atoms with Crippen molar-refractivity contribution in [1.82, 2.24) is 10.2 Å². The summed E-state index contributed by atoms with van der Waals surface area (Å²) < 4.78 is 5.25. The van der Waals surface area contributed by atoms with Crippen LogP contribution in [-0.2, 0) is 0 Å². The van der Waals surface area contributed by atoms with Gasteiger partial charge >= 0.3 is 0 Å². The van der Waals surface area contributed by atoms with Crippen molar-refractivity contribution in [2.75, 3.05) is 33.3 Å². The van der Waals surface area contributed by atoms with Crippen LogP contribution in [0.1, 0.15) is 23.6 Å². The lowest BCUT2D eigenvalue weighted by Crippen LogP contribution is -2.45. The van der Waals surface area contributed by atoms with Gasteiger partial charge in [-0.15, -0.1) is 0 Å². The summed E-state index contributed by atoms with van der Waals surface area (Å²) >= 11 is 0. The Kier molecular flexibility index (Phi) is 4.78. The van der Waals surface area contributed by atoms with E-state index in [-0.39, 0.29) is 6.04 Å². The number of nitrogens with one attached hydrogen (secondary N) is 1. The van der Waals surface area contributed by atoms with Gasteiger partial charge in [0.15, 0.2) is 0 Å². The third-order valence-electron chi connectivity index (χ3n) is 3.71.